The summed E-state index contributed by atoms with van der Waals surface area (Å²) in [6.45, 7) is 1.88. The minimum Gasteiger partial charge on any atom is -0.289 e. The summed E-state index contributed by atoms with van der Waals surface area (Å²) < 4.78 is 0. The van der Waals surface area contributed by atoms with Crippen LogP contribution in [-0.2, 0) is 4.79 Å². The zero-order valence-electron chi connectivity index (χ0n) is 6.84. The smallest absolute Gasteiger partial charge is 0.246 e. The van der Waals surface area contributed by atoms with Gasteiger partial charge in [0.2, 0.25) is 5.91 Å². The minimum absolute atomic E-state index is 0.0255. The summed E-state index contributed by atoms with van der Waals surface area (Å²) in [5.41, 5.74) is 1.70. The molecule has 0 heterocycles. The lowest BCUT2D eigenvalue weighted by molar-refractivity contribution is -0.134. The van der Waals surface area contributed by atoms with Gasteiger partial charge in [-0.25, -0.2) is 5.48 Å². The predicted octanol–water partition coefficient (Wildman–Crippen LogP) is 1.32. The van der Waals surface area contributed by atoms with E-state index in [1.54, 1.807) is 5.48 Å². The molecule has 0 spiro atoms. The van der Waals surface area contributed by atoms with E-state index in [0.29, 0.717) is 5.92 Å². The highest BCUT2D eigenvalue weighted by atomic mass is 16.5. The lowest BCUT2D eigenvalue weighted by atomic mass is 9.92. The lowest BCUT2D eigenvalue weighted by Gasteiger charge is -2.15. The molecule has 3 heteroatoms. The van der Waals surface area contributed by atoms with Gasteiger partial charge < -0.3 is 0 Å². The molecule has 1 atom stereocenters. The first-order valence-corrected chi connectivity index (χ1v) is 4.19. The highest BCUT2D eigenvalue weighted by Crippen LogP contribution is 2.30. The van der Waals surface area contributed by atoms with Crippen LogP contribution in [0.15, 0.2) is 0 Å². The van der Waals surface area contributed by atoms with Gasteiger partial charge in [0.15, 0.2) is 0 Å². The number of hydrogen-bond acceptors (Lipinski definition) is 2. The summed E-state index contributed by atoms with van der Waals surface area (Å²) in [4.78, 5) is 10.9. The maximum absolute atomic E-state index is 10.9. The van der Waals surface area contributed by atoms with Gasteiger partial charge in [-0.3, -0.25) is 10.0 Å². The van der Waals surface area contributed by atoms with E-state index in [2.05, 4.69) is 0 Å². The van der Waals surface area contributed by atoms with Crippen LogP contribution in [0.2, 0.25) is 0 Å². The van der Waals surface area contributed by atoms with Crippen molar-refractivity contribution in [3.05, 3.63) is 0 Å². The van der Waals surface area contributed by atoms with Gasteiger partial charge in [-0.15, -0.1) is 0 Å². The van der Waals surface area contributed by atoms with Crippen LogP contribution >= 0.6 is 0 Å². The van der Waals surface area contributed by atoms with Gasteiger partial charge >= 0.3 is 0 Å². The monoisotopic (exact) mass is 157 g/mol. The van der Waals surface area contributed by atoms with Crippen LogP contribution < -0.4 is 5.48 Å². The van der Waals surface area contributed by atoms with Crippen LogP contribution in [-0.4, -0.2) is 11.1 Å². The van der Waals surface area contributed by atoms with Crippen molar-refractivity contribution in [2.24, 2.45) is 11.8 Å². The minimum atomic E-state index is -0.239. The summed E-state index contributed by atoms with van der Waals surface area (Å²) in [5.74, 6) is 0.224. The highest BCUT2D eigenvalue weighted by molar-refractivity contribution is 5.77. The van der Waals surface area contributed by atoms with Crippen molar-refractivity contribution >= 4 is 5.91 Å². The zero-order chi connectivity index (χ0) is 8.27. The maximum atomic E-state index is 10.9. The van der Waals surface area contributed by atoms with Crippen molar-refractivity contribution in [2.45, 2.75) is 32.6 Å². The van der Waals surface area contributed by atoms with Crippen molar-refractivity contribution < 1.29 is 10.0 Å². The Balaban J connectivity index is 2.39. The number of amides is 1. The van der Waals surface area contributed by atoms with Gasteiger partial charge in [-0.2, -0.15) is 0 Å². The molecule has 0 bridgehead atoms. The fourth-order valence-corrected chi connectivity index (χ4v) is 1.77. The van der Waals surface area contributed by atoms with Crippen LogP contribution in [0.4, 0.5) is 0 Å². The average Bonchev–Trinajstić information content (AvgIpc) is 2.53. The largest absolute Gasteiger partial charge is 0.289 e. The van der Waals surface area contributed by atoms with Crippen LogP contribution in [0.1, 0.15) is 32.6 Å². The summed E-state index contributed by atoms with van der Waals surface area (Å²) in [6, 6.07) is 0. The quantitative estimate of drug-likeness (QED) is 0.469. The van der Waals surface area contributed by atoms with Gasteiger partial charge in [-0.05, 0) is 18.8 Å². The first kappa shape index (κ1) is 8.53. The molecule has 1 aliphatic rings. The van der Waals surface area contributed by atoms with Crippen LogP contribution in [0.5, 0.6) is 0 Å². The van der Waals surface area contributed by atoms with E-state index < -0.39 is 0 Å². The molecule has 1 saturated carbocycles. The van der Waals surface area contributed by atoms with E-state index in [-0.39, 0.29) is 11.8 Å². The number of carbonyl (C=O) groups excluding carboxylic acids is 1. The summed E-state index contributed by atoms with van der Waals surface area (Å²) >= 11 is 0. The third-order valence-corrected chi connectivity index (χ3v) is 2.63. The molecule has 3 nitrogen and oxygen atoms in total. The molecule has 1 amide bonds. The molecule has 0 aliphatic heterocycles. The van der Waals surface area contributed by atoms with E-state index in [1.165, 1.54) is 12.8 Å². The Morgan fingerprint density at radius 1 is 1.55 bits per heavy atom. The first-order chi connectivity index (χ1) is 5.25. The van der Waals surface area contributed by atoms with E-state index in [4.69, 9.17) is 5.21 Å². The molecule has 1 fully saturated rings. The summed E-state index contributed by atoms with van der Waals surface area (Å²) in [7, 11) is 0. The molecule has 1 aliphatic carbocycles. The Labute approximate surface area is 66.7 Å². The third kappa shape index (κ3) is 1.93. The molecule has 11 heavy (non-hydrogen) atoms. The van der Waals surface area contributed by atoms with E-state index in [9.17, 15) is 4.79 Å². The van der Waals surface area contributed by atoms with Gasteiger partial charge in [-0.1, -0.05) is 19.8 Å². The number of carbonyl (C=O) groups is 1. The molecular weight excluding hydrogens is 142 g/mol. The Bertz CT molecular complexity index is 141. The second-order valence-corrected chi connectivity index (χ2v) is 3.31. The Morgan fingerprint density at radius 2 is 2.09 bits per heavy atom. The third-order valence-electron chi connectivity index (χ3n) is 2.63. The SMILES string of the molecule is CC(C(=O)NO)C1CCCC1. The zero-order valence-corrected chi connectivity index (χ0v) is 6.84. The molecule has 0 saturated heterocycles. The number of nitrogens with one attached hydrogen (secondary N) is 1. The predicted molar refractivity (Wildman–Crippen MR) is 41.1 cm³/mol. The summed E-state index contributed by atoms with van der Waals surface area (Å²) in [5, 5.41) is 8.37. The molecule has 0 aromatic rings. The molecule has 1 rings (SSSR count). The molecule has 1 unspecified atom stereocenters. The Hall–Kier alpha value is -0.570. The molecule has 0 radical (unpaired) electrons. The number of hydroxylamine groups is 1. The first-order valence-electron chi connectivity index (χ1n) is 4.19. The fraction of sp³-hybridized carbons (Fsp3) is 0.875. The second kappa shape index (κ2) is 3.72. The number of rotatable bonds is 2. The lowest BCUT2D eigenvalue weighted by Crippen LogP contribution is -2.30. The van der Waals surface area contributed by atoms with E-state index >= 15 is 0 Å². The molecular formula is C8H15NO2. The maximum Gasteiger partial charge on any atom is 0.246 e. The van der Waals surface area contributed by atoms with Crippen LogP contribution in [0, 0.1) is 11.8 Å². The van der Waals surface area contributed by atoms with Crippen molar-refractivity contribution in [1.29, 1.82) is 0 Å². The molecule has 0 aromatic carbocycles. The Kier molecular flexibility index (Phi) is 2.88. The van der Waals surface area contributed by atoms with Crippen LogP contribution in [0.3, 0.4) is 0 Å². The standard InChI is InChI=1S/C8H15NO2/c1-6(8(10)9-11)7-4-2-3-5-7/h6-7,11H,2-5H2,1H3,(H,9,10). The van der Waals surface area contributed by atoms with Crippen molar-refractivity contribution in [2.75, 3.05) is 0 Å². The van der Waals surface area contributed by atoms with Crippen LogP contribution in [0.25, 0.3) is 0 Å². The molecule has 64 valence electrons. The van der Waals surface area contributed by atoms with Gasteiger partial charge in [0.1, 0.15) is 0 Å². The number of hydrogen-bond donors (Lipinski definition) is 2. The van der Waals surface area contributed by atoms with Gasteiger partial charge in [0.05, 0.1) is 0 Å². The molecule has 2 N–H and O–H groups in total. The van der Waals surface area contributed by atoms with Crippen molar-refractivity contribution in [1.82, 2.24) is 5.48 Å². The van der Waals surface area contributed by atoms with Crippen molar-refractivity contribution in [3.8, 4) is 0 Å². The van der Waals surface area contributed by atoms with E-state index in [1.807, 2.05) is 6.92 Å². The fourth-order valence-electron chi connectivity index (χ4n) is 1.77. The highest BCUT2D eigenvalue weighted by Gasteiger charge is 2.26. The van der Waals surface area contributed by atoms with Crippen molar-refractivity contribution in [3.63, 3.8) is 0 Å². The second-order valence-electron chi connectivity index (χ2n) is 3.31. The van der Waals surface area contributed by atoms with E-state index in [0.717, 1.165) is 12.8 Å². The Morgan fingerprint density at radius 3 is 2.55 bits per heavy atom. The normalized spacial score (nSPS) is 21.6. The summed E-state index contributed by atoms with van der Waals surface area (Å²) in [6.07, 6.45) is 4.73. The molecule has 0 aromatic heterocycles. The topological polar surface area (TPSA) is 49.3 Å². The van der Waals surface area contributed by atoms with Gasteiger partial charge in [0.25, 0.3) is 0 Å². The van der Waals surface area contributed by atoms with Gasteiger partial charge in [0, 0.05) is 5.92 Å². The average molecular weight is 157 g/mol.